The number of hydrogen-bond donors (Lipinski definition) is 2. The van der Waals surface area contributed by atoms with Crippen LogP contribution in [0.25, 0.3) is 0 Å². The van der Waals surface area contributed by atoms with E-state index in [1.165, 1.54) is 12.2 Å². The molecular formula is C17H27F2N3O2. The molecule has 24 heavy (non-hydrogen) atoms. The standard InChI is InChI=1S/C17H25F2N3O2.H2/c1-11(13-6-8-17(18,19)9-7-13)16(23)22-14(20)4-5-15(21)24-10-12-2-3-12;/h4-5,11-13,21H,2-3,6-10H2,1H3,(H2,20,22,23);1H/b5-4-,21-15?;/t11-;/m1./s1. The zero-order valence-corrected chi connectivity index (χ0v) is 13.9. The average molecular weight is 343 g/mol. The molecule has 1 atom stereocenters. The van der Waals surface area contributed by atoms with Crippen LogP contribution < -0.4 is 5.73 Å². The number of amides is 1. The predicted molar refractivity (Wildman–Crippen MR) is 90.4 cm³/mol. The van der Waals surface area contributed by atoms with E-state index in [1.54, 1.807) is 6.92 Å². The molecule has 0 aromatic heterocycles. The summed E-state index contributed by atoms with van der Waals surface area (Å²) in [6.07, 6.45) is 5.29. The Morgan fingerprint density at radius 1 is 1.38 bits per heavy atom. The Morgan fingerprint density at radius 2 is 2.00 bits per heavy atom. The maximum Gasteiger partial charge on any atom is 0.250 e. The van der Waals surface area contributed by atoms with Crippen molar-refractivity contribution < 1.29 is 19.7 Å². The number of ether oxygens (including phenoxy) is 1. The second kappa shape index (κ2) is 7.85. The Kier molecular flexibility index (Phi) is 6.07. The highest BCUT2D eigenvalue weighted by Gasteiger charge is 2.38. The quantitative estimate of drug-likeness (QED) is 0.571. The summed E-state index contributed by atoms with van der Waals surface area (Å²) < 4.78 is 31.6. The molecule has 0 aliphatic heterocycles. The SMILES string of the molecule is C[C@@H](C(=O)N=C(N)/C=C\C(=N)OCC1CC1)C1CCC(F)(F)CC1.[HH]. The molecule has 0 bridgehead atoms. The first-order valence-corrected chi connectivity index (χ1v) is 8.42. The van der Waals surface area contributed by atoms with Gasteiger partial charge < -0.3 is 10.5 Å². The van der Waals surface area contributed by atoms with E-state index in [9.17, 15) is 13.6 Å². The van der Waals surface area contributed by atoms with Crippen molar-refractivity contribution in [2.24, 2.45) is 28.5 Å². The maximum absolute atomic E-state index is 13.2. The van der Waals surface area contributed by atoms with Gasteiger partial charge in [0.25, 0.3) is 5.91 Å². The van der Waals surface area contributed by atoms with Crippen LogP contribution in [0.2, 0.25) is 0 Å². The van der Waals surface area contributed by atoms with Gasteiger partial charge in [-0.15, -0.1) is 0 Å². The number of nitrogens with one attached hydrogen (secondary N) is 1. The summed E-state index contributed by atoms with van der Waals surface area (Å²) in [6.45, 7) is 2.24. The molecule has 2 rings (SSSR count). The summed E-state index contributed by atoms with van der Waals surface area (Å²) in [7, 11) is 0. The van der Waals surface area contributed by atoms with Crippen molar-refractivity contribution in [1.82, 2.24) is 0 Å². The van der Waals surface area contributed by atoms with E-state index in [0.29, 0.717) is 25.4 Å². The van der Waals surface area contributed by atoms with Crippen LogP contribution in [0.4, 0.5) is 8.78 Å². The lowest BCUT2D eigenvalue weighted by atomic mass is 9.79. The third-order valence-electron chi connectivity index (χ3n) is 4.67. The Bertz CT molecular complexity index is 538. The number of carbonyl (C=O) groups excluding carboxylic acids is 1. The Labute approximate surface area is 142 Å². The molecule has 3 N–H and O–H groups in total. The summed E-state index contributed by atoms with van der Waals surface area (Å²) in [5, 5.41) is 7.59. The van der Waals surface area contributed by atoms with E-state index < -0.39 is 17.7 Å². The van der Waals surface area contributed by atoms with E-state index in [0.717, 1.165) is 12.8 Å². The van der Waals surface area contributed by atoms with Gasteiger partial charge in [-0.25, -0.2) is 8.78 Å². The molecule has 136 valence electrons. The van der Waals surface area contributed by atoms with Gasteiger partial charge in [-0.05, 0) is 43.6 Å². The zero-order chi connectivity index (χ0) is 17.7. The number of hydrogen-bond acceptors (Lipinski definition) is 3. The van der Waals surface area contributed by atoms with Crippen molar-refractivity contribution in [3.05, 3.63) is 12.2 Å². The fourth-order valence-corrected chi connectivity index (χ4v) is 2.73. The van der Waals surface area contributed by atoms with Gasteiger partial charge in [0.05, 0.1) is 6.61 Å². The van der Waals surface area contributed by atoms with Crippen molar-refractivity contribution in [3.63, 3.8) is 0 Å². The third-order valence-corrected chi connectivity index (χ3v) is 4.67. The number of rotatable bonds is 6. The summed E-state index contributed by atoms with van der Waals surface area (Å²) in [5.41, 5.74) is 5.67. The topological polar surface area (TPSA) is 88.5 Å². The molecule has 2 saturated carbocycles. The third kappa shape index (κ3) is 6.02. The summed E-state index contributed by atoms with van der Waals surface area (Å²) in [6, 6.07) is 0. The second-order valence-corrected chi connectivity index (χ2v) is 6.81. The molecule has 2 fully saturated rings. The molecule has 0 unspecified atom stereocenters. The number of carbonyl (C=O) groups is 1. The monoisotopic (exact) mass is 343 g/mol. The zero-order valence-electron chi connectivity index (χ0n) is 13.9. The molecular weight excluding hydrogens is 316 g/mol. The van der Waals surface area contributed by atoms with Gasteiger partial charge in [0, 0.05) is 26.3 Å². The van der Waals surface area contributed by atoms with Crippen LogP contribution >= 0.6 is 0 Å². The number of halogens is 2. The molecule has 1 amide bonds. The molecule has 2 aliphatic carbocycles. The molecule has 0 radical (unpaired) electrons. The van der Waals surface area contributed by atoms with E-state index in [4.69, 9.17) is 15.9 Å². The first kappa shape index (κ1) is 18.5. The van der Waals surface area contributed by atoms with Crippen molar-refractivity contribution in [2.75, 3.05) is 6.61 Å². The minimum Gasteiger partial charge on any atom is -0.478 e. The average Bonchev–Trinajstić information content (AvgIpc) is 3.34. The molecule has 7 heteroatoms. The minimum absolute atomic E-state index is 0. The van der Waals surface area contributed by atoms with Crippen LogP contribution in [0.5, 0.6) is 0 Å². The van der Waals surface area contributed by atoms with Gasteiger partial charge in [0.1, 0.15) is 5.84 Å². The molecule has 0 saturated heterocycles. The second-order valence-electron chi connectivity index (χ2n) is 6.81. The van der Waals surface area contributed by atoms with Crippen LogP contribution in [0, 0.1) is 23.2 Å². The number of alkyl halides is 2. The molecule has 2 aliphatic rings. The molecule has 0 heterocycles. The summed E-state index contributed by atoms with van der Waals surface area (Å²) in [4.78, 5) is 15.9. The fraction of sp³-hybridized carbons (Fsp3) is 0.706. The van der Waals surface area contributed by atoms with Gasteiger partial charge in [0.15, 0.2) is 0 Å². The lowest BCUT2D eigenvalue weighted by molar-refractivity contribution is -0.124. The van der Waals surface area contributed by atoms with Crippen molar-refractivity contribution in [1.29, 1.82) is 5.41 Å². The first-order valence-electron chi connectivity index (χ1n) is 8.42. The number of nitrogens with two attached hydrogens (primary N) is 1. The van der Waals surface area contributed by atoms with Crippen molar-refractivity contribution >= 4 is 17.6 Å². The Morgan fingerprint density at radius 3 is 2.58 bits per heavy atom. The van der Waals surface area contributed by atoms with Crippen molar-refractivity contribution in [3.8, 4) is 0 Å². The van der Waals surface area contributed by atoms with Gasteiger partial charge in [-0.3, -0.25) is 10.2 Å². The van der Waals surface area contributed by atoms with Crippen LogP contribution in [-0.4, -0.2) is 30.2 Å². The highest BCUT2D eigenvalue weighted by atomic mass is 19.3. The van der Waals surface area contributed by atoms with Gasteiger partial charge in [-0.2, -0.15) is 4.99 Å². The van der Waals surface area contributed by atoms with E-state index in [1.807, 2.05) is 0 Å². The van der Waals surface area contributed by atoms with Crippen LogP contribution in [0.3, 0.4) is 0 Å². The maximum atomic E-state index is 13.2. The molecule has 0 spiro atoms. The Hall–Kier alpha value is -1.79. The van der Waals surface area contributed by atoms with Gasteiger partial charge >= 0.3 is 0 Å². The number of nitrogens with zero attached hydrogens (tertiary/aromatic N) is 1. The molecule has 0 aromatic rings. The number of amidine groups is 1. The molecule has 0 aromatic carbocycles. The smallest absolute Gasteiger partial charge is 0.250 e. The van der Waals surface area contributed by atoms with Crippen molar-refractivity contribution in [2.45, 2.75) is 51.4 Å². The van der Waals surface area contributed by atoms with E-state index in [-0.39, 0.29) is 31.9 Å². The minimum atomic E-state index is -2.61. The van der Waals surface area contributed by atoms with Gasteiger partial charge in [-0.1, -0.05) is 6.92 Å². The van der Waals surface area contributed by atoms with Crippen LogP contribution in [0.1, 0.15) is 46.9 Å². The summed E-state index contributed by atoms with van der Waals surface area (Å²) >= 11 is 0. The van der Waals surface area contributed by atoms with Gasteiger partial charge in [0.2, 0.25) is 11.8 Å². The molecule has 5 nitrogen and oxygen atoms in total. The first-order chi connectivity index (χ1) is 11.3. The normalized spacial score (nSPS) is 23.2. The van der Waals surface area contributed by atoms with E-state index >= 15 is 0 Å². The fourth-order valence-electron chi connectivity index (χ4n) is 2.73. The highest BCUT2D eigenvalue weighted by molar-refractivity contribution is 6.03. The van der Waals surface area contributed by atoms with Crippen LogP contribution in [0.15, 0.2) is 17.1 Å². The van der Waals surface area contributed by atoms with E-state index in [2.05, 4.69) is 4.99 Å². The number of aliphatic imine (C=N–C) groups is 1. The predicted octanol–water partition coefficient (Wildman–Crippen LogP) is 3.54. The summed E-state index contributed by atoms with van der Waals surface area (Å²) in [5.74, 6) is -3.00. The highest BCUT2D eigenvalue weighted by Crippen LogP contribution is 2.39. The largest absolute Gasteiger partial charge is 0.478 e. The lowest BCUT2D eigenvalue weighted by Crippen LogP contribution is -2.30. The Balaban J connectivity index is 0.00000312. The van der Waals surface area contributed by atoms with Crippen LogP contribution in [-0.2, 0) is 9.53 Å². The lowest BCUT2D eigenvalue weighted by Gasteiger charge is -2.30.